The highest BCUT2D eigenvalue weighted by atomic mass is 32.2. The number of halogens is 2. The van der Waals surface area contributed by atoms with Crippen LogP contribution in [0.1, 0.15) is 19.4 Å². The molecular formula is C21H19F2N3S. The molecule has 0 aliphatic carbocycles. The van der Waals surface area contributed by atoms with Gasteiger partial charge in [-0.05, 0) is 42.5 Å². The number of nitrogens with one attached hydrogen (secondary N) is 1. The molecule has 2 heterocycles. The van der Waals surface area contributed by atoms with E-state index in [2.05, 4.69) is 15.0 Å². The first-order valence-electron chi connectivity index (χ1n) is 8.67. The van der Waals surface area contributed by atoms with Gasteiger partial charge in [-0.3, -0.25) is 4.98 Å². The third-order valence-corrected chi connectivity index (χ3v) is 4.83. The molecule has 3 nitrogen and oxygen atoms in total. The Balaban J connectivity index is 0.00000102. The zero-order valence-electron chi connectivity index (χ0n) is 15.0. The predicted molar refractivity (Wildman–Crippen MR) is 107 cm³/mol. The third-order valence-electron chi connectivity index (χ3n) is 3.81. The zero-order chi connectivity index (χ0) is 19.2. The standard InChI is InChI=1S/C19H13F2N3S.C2H6/c20-14-4-3-5-15(21)13(14)11-25-12-7-8-16-18(10-12)24-19(23-16)17-6-1-2-9-22-17;1-2/h1-10H,11H2,(H,23,24);1-2H3. The van der Waals surface area contributed by atoms with Gasteiger partial charge in [0.05, 0.1) is 11.0 Å². The monoisotopic (exact) mass is 383 g/mol. The van der Waals surface area contributed by atoms with Crippen molar-refractivity contribution >= 4 is 22.8 Å². The van der Waals surface area contributed by atoms with E-state index in [9.17, 15) is 8.78 Å². The summed E-state index contributed by atoms with van der Waals surface area (Å²) in [5, 5.41) is 0. The molecule has 0 bridgehead atoms. The normalized spacial score (nSPS) is 10.5. The molecule has 4 rings (SSSR count). The first kappa shape index (κ1) is 19.0. The number of aromatic nitrogens is 3. The van der Waals surface area contributed by atoms with Crippen molar-refractivity contribution in [1.82, 2.24) is 15.0 Å². The second-order valence-electron chi connectivity index (χ2n) is 5.47. The lowest BCUT2D eigenvalue weighted by Crippen LogP contribution is -1.92. The number of rotatable bonds is 4. The van der Waals surface area contributed by atoms with Crippen LogP contribution in [0.5, 0.6) is 0 Å². The van der Waals surface area contributed by atoms with Gasteiger partial charge in [-0.15, -0.1) is 11.8 Å². The molecule has 1 N–H and O–H groups in total. The number of nitrogens with zero attached hydrogens (tertiary/aromatic N) is 2. The number of H-pyrrole nitrogens is 1. The third kappa shape index (κ3) is 4.34. The summed E-state index contributed by atoms with van der Waals surface area (Å²) in [7, 11) is 0. The Morgan fingerprint density at radius 3 is 2.44 bits per heavy atom. The summed E-state index contributed by atoms with van der Waals surface area (Å²) < 4.78 is 27.4. The van der Waals surface area contributed by atoms with E-state index in [1.54, 1.807) is 6.20 Å². The minimum Gasteiger partial charge on any atom is -0.337 e. The molecule has 0 amide bonds. The van der Waals surface area contributed by atoms with Crippen LogP contribution in [-0.2, 0) is 5.75 Å². The van der Waals surface area contributed by atoms with Crippen LogP contribution in [0.3, 0.4) is 0 Å². The van der Waals surface area contributed by atoms with Gasteiger partial charge in [-0.1, -0.05) is 26.0 Å². The fourth-order valence-electron chi connectivity index (χ4n) is 2.53. The van der Waals surface area contributed by atoms with Gasteiger partial charge in [0.2, 0.25) is 0 Å². The highest BCUT2D eigenvalue weighted by Crippen LogP contribution is 2.28. The quantitative estimate of drug-likeness (QED) is 0.425. The molecule has 0 spiro atoms. The minimum absolute atomic E-state index is 0.0892. The average molecular weight is 383 g/mol. The fourth-order valence-corrected chi connectivity index (χ4v) is 3.48. The van der Waals surface area contributed by atoms with Crippen LogP contribution < -0.4 is 0 Å². The lowest BCUT2D eigenvalue weighted by atomic mass is 10.2. The minimum atomic E-state index is -0.521. The molecule has 0 fully saturated rings. The number of fused-ring (bicyclic) bond motifs is 1. The van der Waals surface area contributed by atoms with Crippen molar-refractivity contribution < 1.29 is 8.78 Å². The van der Waals surface area contributed by atoms with Crippen LogP contribution in [-0.4, -0.2) is 15.0 Å². The van der Waals surface area contributed by atoms with E-state index in [4.69, 9.17) is 0 Å². The molecule has 4 aromatic rings. The van der Waals surface area contributed by atoms with Gasteiger partial charge in [-0.2, -0.15) is 0 Å². The van der Waals surface area contributed by atoms with Crippen molar-refractivity contribution in [3.63, 3.8) is 0 Å². The number of thioether (sulfide) groups is 1. The van der Waals surface area contributed by atoms with Gasteiger partial charge < -0.3 is 4.98 Å². The topological polar surface area (TPSA) is 41.6 Å². The molecule has 0 aliphatic rings. The second-order valence-corrected chi connectivity index (χ2v) is 6.52. The Morgan fingerprint density at radius 1 is 0.963 bits per heavy atom. The van der Waals surface area contributed by atoms with Crippen molar-refractivity contribution in [1.29, 1.82) is 0 Å². The highest BCUT2D eigenvalue weighted by Gasteiger charge is 2.10. The average Bonchev–Trinajstić information content (AvgIpc) is 3.13. The summed E-state index contributed by atoms with van der Waals surface area (Å²) in [6, 6.07) is 15.3. The van der Waals surface area contributed by atoms with E-state index in [0.717, 1.165) is 21.6 Å². The summed E-state index contributed by atoms with van der Waals surface area (Å²) in [5.74, 6) is -0.122. The molecule has 2 aromatic heterocycles. The van der Waals surface area contributed by atoms with Gasteiger partial charge in [0.1, 0.15) is 17.3 Å². The maximum atomic E-state index is 13.7. The van der Waals surface area contributed by atoms with E-state index >= 15 is 0 Å². The Kier molecular flexibility index (Phi) is 6.19. The van der Waals surface area contributed by atoms with Crippen molar-refractivity contribution in [2.24, 2.45) is 0 Å². The number of pyridine rings is 1. The number of aromatic amines is 1. The number of benzene rings is 2. The van der Waals surface area contributed by atoms with Gasteiger partial charge in [0, 0.05) is 22.4 Å². The second kappa shape index (κ2) is 8.77. The van der Waals surface area contributed by atoms with E-state index in [0.29, 0.717) is 5.82 Å². The SMILES string of the molecule is CC.Fc1cccc(F)c1CSc1ccc2nc(-c3ccccn3)[nH]c2c1. The summed E-state index contributed by atoms with van der Waals surface area (Å²) >= 11 is 1.38. The fraction of sp³-hybridized carbons (Fsp3) is 0.143. The highest BCUT2D eigenvalue weighted by molar-refractivity contribution is 7.98. The Bertz CT molecular complexity index is 1010. The van der Waals surface area contributed by atoms with E-state index in [1.807, 2.05) is 50.2 Å². The molecule has 6 heteroatoms. The molecular weight excluding hydrogens is 364 g/mol. The molecule has 2 aromatic carbocycles. The maximum Gasteiger partial charge on any atom is 0.157 e. The summed E-state index contributed by atoms with van der Waals surface area (Å²) in [5.41, 5.74) is 2.54. The Hall–Kier alpha value is -2.73. The van der Waals surface area contributed by atoms with Gasteiger partial charge >= 0.3 is 0 Å². The molecule has 0 unspecified atom stereocenters. The largest absolute Gasteiger partial charge is 0.337 e. The first-order chi connectivity index (χ1) is 13.2. The van der Waals surface area contributed by atoms with Crippen LogP contribution in [0.15, 0.2) is 65.7 Å². The van der Waals surface area contributed by atoms with Crippen molar-refractivity contribution in [2.75, 3.05) is 0 Å². The first-order valence-corrected chi connectivity index (χ1v) is 9.66. The van der Waals surface area contributed by atoms with Gasteiger partial charge in [0.15, 0.2) is 5.82 Å². The zero-order valence-corrected chi connectivity index (χ0v) is 15.9. The van der Waals surface area contributed by atoms with Crippen LogP contribution in [0.25, 0.3) is 22.6 Å². The van der Waals surface area contributed by atoms with Crippen molar-refractivity contribution in [2.45, 2.75) is 24.5 Å². The van der Waals surface area contributed by atoms with E-state index < -0.39 is 11.6 Å². The van der Waals surface area contributed by atoms with E-state index in [1.165, 1.54) is 30.0 Å². The van der Waals surface area contributed by atoms with Gasteiger partial charge in [-0.25, -0.2) is 13.8 Å². The summed E-state index contributed by atoms with van der Waals surface area (Å²) in [4.78, 5) is 12.9. The maximum absolute atomic E-state index is 13.7. The van der Waals surface area contributed by atoms with Gasteiger partial charge in [0.25, 0.3) is 0 Å². The number of hydrogen-bond acceptors (Lipinski definition) is 3. The van der Waals surface area contributed by atoms with Crippen molar-refractivity contribution in [3.05, 3.63) is 78.0 Å². The Morgan fingerprint density at radius 2 is 1.74 bits per heavy atom. The summed E-state index contributed by atoms with van der Waals surface area (Å²) in [6.45, 7) is 4.00. The smallest absolute Gasteiger partial charge is 0.157 e. The number of hydrogen-bond donors (Lipinski definition) is 1. The van der Waals surface area contributed by atoms with E-state index in [-0.39, 0.29) is 11.3 Å². The molecule has 0 saturated heterocycles. The summed E-state index contributed by atoms with van der Waals surface area (Å²) in [6.07, 6.45) is 1.72. The molecule has 0 radical (unpaired) electrons. The lowest BCUT2D eigenvalue weighted by molar-refractivity contribution is 0.566. The van der Waals surface area contributed by atoms with Crippen LogP contribution in [0, 0.1) is 11.6 Å². The molecule has 27 heavy (non-hydrogen) atoms. The molecule has 0 atom stereocenters. The molecule has 0 saturated carbocycles. The molecule has 138 valence electrons. The number of imidazole rings is 1. The van der Waals surface area contributed by atoms with Crippen molar-refractivity contribution in [3.8, 4) is 11.5 Å². The molecule has 0 aliphatic heterocycles. The predicted octanol–water partition coefficient (Wildman–Crippen LogP) is 6.22. The van der Waals surface area contributed by atoms with Crippen LogP contribution in [0.2, 0.25) is 0 Å². The van der Waals surface area contributed by atoms with Crippen LogP contribution >= 0.6 is 11.8 Å². The lowest BCUT2D eigenvalue weighted by Gasteiger charge is -2.05. The van der Waals surface area contributed by atoms with Crippen LogP contribution in [0.4, 0.5) is 8.78 Å². The Labute approximate surface area is 160 Å².